The maximum atomic E-state index is 13.0. The summed E-state index contributed by atoms with van der Waals surface area (Å²) in [4.78, 5) is 16.7. The fourth-order valence-electron chi connectivity index (χ4n) is 4.01. The summed E-state index contributed by atoms with van der Waals surface area (Å²) < 4.78 is 19.2. The lowest BCUT2D eigenvalue weighted by molar-refractivity contribution is -0.121. The van der Waals surface area contributed by atoms with Gasteiger partial charge in [0.15, 0.2) is 0 Å². The molecule has 2 atom stereocenters. The summed E-state index contributed by atoms with van der Waals surface area (Å²) in [6.45, 7) is 6.48. The summed E-state index contributed by atoms with van der Waals surface area (Å²) in [5, 5.41) is 9.94. The Morgan fingerprint density at radius 3 is 2.55 bits per heavy atom. The van der Waals surface area contributed by atoms with E-state index in [2.05, 4.69) is 15.1 Å². The molecule has 3 rings (SSSR count). The zero-order chi connectivity index (χ0) is 20.5. The van der Waals surface area contributed by atoms with Gasteiger partial charge in [-0.2, -0.15) is 0 Å². The molecular formula is C22H33FN4O2. The van der Waals surface area contributed by atoms with Crippen LogP contribution in [0.2, 0.25) is 0 Å². The fourth-order valence-corrected chi connectivity index (χ4v) is 4.01. The zero-order valence-electron chi connectivity index (χ0n) is 17.1. The van der Waals surface area contributed by atoms with Crippen LogP contribution in [0, 0.1) is 11.2 Å². The highest BCUT2D eigenvalue weighted by atomic mass is 19.1. The number of amides is 1. The van der Waals surface area contributed by atoms with E-state index >= 15 is 0 Å². The van der Waals surface area contributed by atoms with Gasteiger partial charge in [-0.15, -0.1) is 0 Å². The Kier molecular flexibility index (Phi) is 8.58. The van der Waals surface area contributed by atoms with Crippen LogP contribution in [0.3, 0.4) is 0 Å². The molecule has 0 spiro atoms. The summed E-state index contributed by atoms with van der Waals surface area (Å²) >= 11 is 0. The average molecular weight is 405 g/mol. The van der Waals surface area contributed by atoms with Gasteiger partial charge in [0.1, 0.15) is 5.82 Å². The first kappa shape index (κ1) is 21.9. The highest BCUT2D eigenvalue weighted by Gasteiger charge is 2.28. The molecule has 0 radical (unpaired) electrons. The van der Waals surface area contributed by atoms with Crippen molar-refractivity contribution in [1.29, 1.82) is 5.41 Å². The van der Waals surface area contributed by atoms with Crippen molar-refractivity contribution in [2.24, 2.45) is 0 Å². The third-order valence-electron chi connectivity index (χ3n) is 5.72. The molecule has 0 bridgehead atoms. The van der Waals surface area contributed by atoms with Gasteiger partial charge in [0.25, 0.3) is 0 Å². The Morgan fingerprint density at radius 1 is 1.14 bits per heavy atom. The third kappa shape index (κ3) is 7.49. The average Bonchev–Trinajstić information content (AvgIpc) is 3.17. The predicted octanol–water partition coefficient (Wildman–Crippen LogP) is 2.43. The van der Waals surface area contributed by atoms with Gasteiger partial charge in [0, 0.05) is 52.2 Å². The standard InChI is InChI=1S/C22H33FN4O2/c23-19-6-4-18(5-7-19)16-26-11-13-27(14-12-26)17-21-9-8-20(29-21)15-25-22(28)3-1-2-10-24/h4-7,10,20-21,24H,1-3,8-9,11-17H2,(H,25,28). The number of benzene rings is 1. The molecule has 29 heavy (non-hydrogen) atoms. The number of hydrogen-bond donors (Lipinski definition) is 2. The molecule has 0 aromatic heterocycles. The molecule has 1 aromatic carbocycles. The Labute approximate surface area is 172 Å². The molecule has 2 heterocycles. The zero-order valence-corrected chi connectivity index (χ0v) is 17.1. The molecule has 2 unspecified atom stereocenters. The second-order valence-corrected chi connectivity index (χ2v) is 8.06. The topological polar surface area (TPSA) is 68.7 Å². The number of hydrogen-bond acceptors (Lipinski definition) is 5. The number of rotatable bonds is 10. The van der Waals surface area contributed by atoms with Crippen LogP contribution in [0.25, 0.3) is 0 Å². The van der Waals surface area contributed by atoms with Crippen molar-refractivity contribution >= 4 is 12.1 Å². The van der Waals surface area contributed by atoms with Crippen molar-refractivity contribution < 1.29 is 13.9 Å². The van der Waals surface area contributed by atoms with Crippen LogP contribution >= 0.6 is 0 Å². The third-order valence-corrected chi connectivity index (χ3v) is 5.72. The monoisotopic (exact) mass is 404 g/mol. The molecule has 2 aliphatic heterocycles. The summed E-state index contributed by atoms with van der Waals surface area (Å²) in [6, 6.07) is 6.78. The van der Waals surface area contributed by atoms with E-state index < -0.39 is 0 Å². The molecule has 1 amide bonds. The molecular weight excluding hydrogens is 371 g/mol. The molecule has 2 fully saturated rings. The Bertz CT molecular complexity index is 647. The highest BCUT2D eigenvalue weighted by Crippen LogP contribution is 2.21. The van der Waals surface area contributed by atoms with Crippen LogP contribution in [-0.4, -0.2) is 73.4 Å². The summed E-state index contributed by atoms with van der Waals surface area (Å²) in [5.74, 6) is -0.132. The molecule has 2 aliphatic rings. The largest absolute Gasteiger partial charge is 0.372 e. The van der Waals surface area contributed by atoms with E-state index in [0.717, 1.165) is 64.1 Å². The molecule has 0 saturated carbocycles. The van der Waals surface area contributed by atoms with E-state index in [1.165, 1.54) is 18.3 Å². The van der Waals surface area contributed by atoms with E-state index in [0.29, 0.717) is 19.4 Å². The first-order chi connectivity index (χ1) is 14.1. The van der Waals surface area contributed by atoms with Crippen molar-refractivity contribution in [2.75, 3.05) is 39.3 Å². The van der Waals surface area contributed by atoms with Crippen LogP contribution < -0.4 is 5.32 Å². The van der Waals surface area contributed by atoms with Crippen molar-refractivity contribution in [3.8, 4) is 0 Å². The number of carbonyl (C=O) groups is 1. The summed E-state index contributed by atoms with van der Waals surface area (Å²) in [7, 11) is 0. The fraction of sp³-hybridized carbons (Fsp3) is 0.636. The minimum atomic E-state index is -0.184. The minimum absolute atomic E-state index is 0.0520. The number of carbonyl (C=O) groups excluding carboxylic acids is 1. The van der Waals surface area contributed by atoms with E-state index in [9.17, 15) is 9.18 Å². The van der Waals surface area contributed by atoms with Gasteiger partial charge in [0.2, 0.25) is 5.91 Å². The quantitative estimate of drug-likeness (QED) is 0.464. The van der Waals surface area contributed by atoms with Crippen LogP contribution in [-0.2, 0) is 16.1 Å². The Morgan fingerprint density at radius 2 is 1.83 bits per heavy atom. The molecule has 7 heteroatoms. The van der Waals surface area contributed by atoms with Crippen LogP contribution in [0.5, 0.6) is 0 Å². The summed E-state index contributed by atoms with van der Waals surface area (Å²) in [6.07, 6.45) is 5.63. The van der Waals surface area contributed by atoms with Gasteiger partial charge in [-0.3, -0.25) is 14.6 Å². The van der Waals surface area contributed by atoms with E-state index in [1.54, 1.807) is 0 Å². The Hall–Kier alpha value is -1.83. The maximum absolute atomic E-state index is 13.0. The molecule has 2 N–H and O–H groups in total. The number of nitrogens with zero attached hydrogens (tertiary/aromatic N) is 2. The van der Waals surface area contributed by atoms with Gasteiger partial charge in [-0.25, -0.2) is 4.39 Å². The van der Waals surface area contributed by atoms with Crippen LogP contribution in [0.1, 0.15) is 37.7 Å². The predicted molar refractivity (Wildman–Crippen MR) is 112 cm³/mol. The van der Waals surface area contributed by atoms with Crippen molar-refractivity contribution in [1.82, 2.24) is 15.1 Å². The molecule has 6 nitrogen and oxygen atoms in total. The second kappa shape index (κ2) is 11.4. The SMILES string of the molecule is N=CCCCC(=O)NCC1CCC(CN2CCN(Cc3ccc(F)cc3)CC2)O1. The smallest absolute Gasteiger partial charge is 0.220 e. The molecule has 160 valence electrons. The van der Waals surface area contributed by atoms with Crippen molar-refractivity contribution in [3.05, 3.63) is 35.6 Å². The van der Waals surface area contributed by atoms with Crippen LogP contribution in [0.4, 0.5) is 4.39 Å². The second-order valence-electron chi connectivity index (χ2n) is 8.06. The van der Waals surface area contributed by atoms with E-state index in [4.69, 9.17) is 10.1 Å². The maximum Gasteiger partial charge on any atom is 0.220 e. The molecule has 2 saturated heterocycles. The lowest BCUT2D eigenvalue weighted by Crippen LogP contribution is -2.48. The normalized spacial score (nSPS) is 23.2. The number of nitrogens with one attached hydrogen (secondary N) is 2. The van der Waals surface area contributed by atoms with Crippen molar-refractivity contribution in [3.63, 3.8) is 0 Å². The summed E-state index contributed by atoms with van der Waals surface area (Å²) in [5.41, 5.74) is 1.15. The van der Waals surface area contributed by atoms with Gasteiger partial charge in [-0.05, 0) is 49.6 Å². The lowest BCUT2D eigenvalue weighted by Gasteiger charge is -2.35. The van der Waals surface area contributed by atoms with Crippen molar-refractivity contribution in [2.45, 2.75) is 50.9 Å². The lowest BCUT2D eigenvalue weighted by atomic mass is 10.1. The highest BCUT2D eigenvalue weighted by molar-refractivity contribution is 5.76. The first-order valence-corrected chi connectivity index (χ1v) is 10.7. The first-order valence-electron chi connectivity index (χ1n) is 10.7. The molecule has 1 aromatic rings. The van der Waals surface area contributed by atoms with Gasteiger partial charge in [-0.1, -0.05) is 12.1 Å². The number of piperazine rings is 1. The molecule has 0 aliphatic carbocycles. The van der Waals surface area contributed by atoms with Gasteiger partial charge in [0.05, 0.1) is 12.2 Å². The number of unbranched alkanes of at least 4 members (excludes halogenated alkanes) is 1. The van der Waals surface area contributed by atoms with Gasteiger partial charge < -0.3 is 15.5 Å². The van der Waals surface area contributed by atoms with Crippen LogP contribution in [0.15, 0.2) is 24.3 Å². The Balaban J connectivity index is 1.29. The van der Waals surface area contributed by atoms with E-state index in [1.807, 2.05) is 12.1 Å². The number of halogens is 1. The number of ether oxygens (including phenoxy) is 1. The van der Waals surface area contributed by atoms with E-state index in [-0.39, 0.29) is 23.9 Å². The van der Waals surface area contributed by atoms with Gasteiger partial charge >= 0.3 is 0 Å². The minimum Gasteiger partial charge on any atom is -0.372 e.